The number of benzene rings is 2. The predicted molar refractivity (Wildman–Crippen MR) is 119 cm³/mol. The van der Waals surface area contributed by atoms with E-state index in [1.165, 1.54) is 6.26 Å². The third-order valence-electron chi connectivity index (χ3n) is 5.58. The van der Waals surface area contributed by atoms with Gasteiger partial charge in [-0.1, -0.05) is 41.9 Å². The first-order chi connectivity index (χ1) is 15.7. The average molecular weight is 449 g/mol. The van der Waals surface area contributed by atoms with Gasteiger partial charge in [0.2, 0.25) is 11.8 Å². The van der Waals surface area contributed by atoms with Crippen LogP contribution in [0.1, 0.15) is 28.1 Å². The van der Waals surface area contributed by atoms with E-state index < -0.39 is 0 Å². The standard InChI is InChI=1S/C24H21ClN4O3/c25-19-10-8-18(9-11-19)22-26-27-23(32-22)21(17-5-2-1-3-6-17)28-12-14-29(15-13-28)24(30)20-7-4-16-31-20/h1-11,16,21H,12-15H2/t21-/m1/s1. The first-order valence-electron chi connectivity index (χ1n) is 10.4. The largest absolute Gasteiger partial charge is 0.459 e. The molecule has 162 valence electrons. The van der Waals surface area contributed by atoms with Crippen molar-refractivity contribution in [3.63, 3.8) is 0 Å². The summed E-state index contributed by atoms with van der Waals surface area (Å²) in [7, 11) is 0. The van der Waals surface area contributed by atoms with Crippen LogP contribution in [0.5, 0.6) is 0 Å². The zero-order valence-electron chi connectivity index (χ0n) is 17.2. The van der Waals surface area contributed by atoms with Gasteiger partial charge in [0.15, 0.2) is 5.76 Å². The van der Waals surface area contributed by atoms with E-state index in [2.05, 4.69) is 27.2 Å². The summed E-state index contributed by atoms with van der Waals surface area (Å²) in [5.74, 6) is 1.24. The summed E-state index contributed by atoms with van der Waals surface area (Å²) < 4.78 is 11.4. The molecule has 0 radical (unpaired) electrons. The van der Waals surface area contributed by atoms with Crippen LogP contribution in [0.2, 0.25) is 5.02 Å². The number of carbonyl (C=O) groups is 1. The monoisotopic (exact) mass is 448 g/mol. The van der Waals surface area contributed by atoms with Crippen LogP contribution in [0, 0.1) is 0 Å². The van der Waals surface area contributed by atoms with E-state index in [1.807, 2.05) is 35.2 Å². The van der Waals surface area contributed by atoms with Gasteiger partial charge in [-0.3, -0.25) is 9.69 Å². The van der Waals surface area contributed by atoms with Crippen molar-refractivity contribution in [1.29, 1.82) is 0 Å². The Balaban J connectivity index is 1.38. The Labute approximate surface area is 190 Å². The van der Waals surface area contributed by atoms with Gasteiger partial charge in [0.05, 0.1) is 6.26 Å². The number of carbonyl (C=O) groups excluding carboxylic acids is 1. The van der Waals surface area contributed by atoms with Crippen LogP contribution in [0.4, 0.5) is 0 Å². The van der Waals surface area contributed by atoms with Crippen molar-refractivity contribution in [1.82, 2.24) is 20.0 Å². The molecular formula is C24H21ClN4O3. The molecule has 2 aromatic heterocycles. The molecule has 1 aliphatic heterocycles. The van der Waals surface area contributed by atoms with Gasteiger partial charge < -0.3 is 13.7 Å². The number of aromatic nitrogens is 2. The third-order valence-corrected chi connectivity index (χ3v) is 5.83. The lowest BCUT2D eigenvalue weighted by Crippen LogP contribution is -2.49. The number of nitrogens with zero attached hydrogens (tertiary/aromatic N) is 4. The van der Waals surface area contributed by atoms with E-state index in [-0.39, 0.29) is 11.9 Å². The second-order valence-electron chi connectivity index (χ2n) is 7.57. The van der Waals surface area contributed by atoms with Crippen molar-refractivity contribution in [2.24, 2.45) is 0 Å². The lowest BCUT2D eigenvalue weighted by atomic mass is 10.0. The second kappa shape index (κ2) is 8.98. The van der Waals surface area contributed by atoms with Crippen LogP contribution in [-0.4, -0.2) is 52.1 Å². The van der Waals surface area contributed by atoms with Crippen molar-refractivity contribution in [3.8, 4) is 11.5 Å². The predicted octanol–water partition coefficient (Wildman–Crippen LogP) is 4.53. The van der Waals surface area contributed by atoms with Crippen molar-refractivity contribution in [3.05, 3.63) is 95.2 Å². The third kappa shape index (κ3) is 4.17. The van der Waals surface area contributed by atoms with E-state index in [4.69, 9.17) is 20.4 Å². The van der Waals surface area contributed by atoms with Gasteiger partial charge in [-0.15, -0.1) is 10.2 Å². The maximum absolute atomic E-state index is 12.6. The Morgan fingerprint density at radius 2 is 1.66 bits per heavy atom. The minimum atomic E-state index is -0.203. The lowest BCUT2D eigenvalue weighted by molar-refractivity contribution is 0.0550. The summed E-state index contributed by atoms with van der Waals surface area (Å²) in [6.07, 6.45) is 1.52. The average Bonchev–Trinajstić information content (AvgIpc) is 3.54. The van der Waals surface area contributed by atoms with Crippen molar-refractivity contribution >= 4 is 17.5 Å². The lowest BCUT2D eigenvalue weighted by Gasteiger charge is -2.37. The van der Waals surface area contributed by atoms with Crippen molar-refractivity contribution in [2.45, 2.75) is 6.04 Å². The molecule has 4 aromatic rings. The van der Waals surface area contributed by atoms with Gasteiger partial charge in [0, 0.05) is 36.8 Å². The summed E-state index contributed by atoms with van der Waals surface area (Å²) in [4.78, 5) is 16.7. The van der Waals surface area contributed by atoms with Gasteiger partial charge >= 0.3 is 0 Å². The molecule has 2 aromatic carbocycles. The molecule has 1 amide bonds. The van der Waals surface area contributed by atoms with Gasteiger partial charge in [-0.05, 0) is 42.0 Å². The maximum atomic E-state index is 12.6. The van der Waals surface area contributed by atoms with Crippen LogP contribution >= 0.6 is 11.6 Å². The molecule has 5 rings (SSSR count). The number of hydrogen-bond donors (Lipinski definition) is 0. The highest BCUT2D eigenvalue weighted by molar-refractivity contribution is 6.30. The fourth-order valence-electron chi connectivity index (χ4n) is 3.94. The highest BCUT2D eigenvalue weighted by Crippen LogP contribution is 2.31. The first-order valence-corrected chi connectivity index (χ1v) is 10.8. The molecule has 3 heterocycles. The van der Waals surface area contributed by atoms with Crippen LogP contribution in [0.15, 0.2) is 81.8 Å². The number of rotatable bonds is 5. The molecule has 0 unspecified atom stereocenters. The van der Waals surface area contributed by atoms with Crippen LogP contribution in [-0.2, 0) is 0 Å². The molecule has 1 aliphatic rings. The molecule has 32 heavy (non-hydrogen) atoms. The van der Waals surface area contributed by atoms with E-state index in [9.17, 15) is 4.79 Å². The molecule has 1 saturated heterocycles. The van der Waals surface area contributed by atoms with Crippen LogP contribution in [0.25, 0.3) is 11.5 Å². The maximum Gasteiger partial charge on any atom is 0.289 e. The molecule has 1 fully saturated rings. The number of amides is 1. The fourth-order valence-corrected chi connectivity index (χ4v) is 4.06. The molecule has 0 saturated carbocycles. The minimum absolute atomic E-state index is 0.0891. The fraction of sp³-hybridized carbons (Fsp3) is 0.208. The molecule has 7 nitrogen and oxygen atoms in total. The summed E-state index contributed by atoms with van der Waals surface area (Å²) in [6, 6.07) is 20.6. The molecular weight excluding hydrogens is 428 g/mol. The normalized spacial score (nSPS) is 15.6. The summed E-state index contributed by atoms with van der Waals surface area (Å²) in [5.41, 5.74) is 1.87. The van der Waals surface area contributed by atoms with Gasteiger partial charge in [-0.2, -0.15) is 0 Å². The molecule has 8 heteroatoms. The minimum Gasteiger partial charge on any atom is -0.459 e. The van der Waals surface area contributed by atoms with Gasteiger partial charge in [-0.25, -0.2) is 0 Å². The first kappa shape index (κ1) is 20.5. The van der Waals surface area contributed by atoms with E-state index >= 15 is 0 Å². The highest BCUT2D eigenvalue weighted by atomic mass is 35.5. The molecule has 0 bridgehead atoms. The number of piperazine rings is 1. The molecule has 0 spiro atoms. The smallest absolute Gasteiger partial charge is 0.289 e. The van der Waals surface area contributed by atoms with Gasteiger partial charge in [0.1, 0.15) is 6.04 Å². The topological polar surface area (TPSA) is 75.6 Å². The number of halogens is 1. The second-order valence-corrected chi connectivity index (χ2v) is 8.01. The zero-order valence-corrected chi connectivity index (χ0v) is 18.0. The summed E-state index contributed by atoms with van der Waals surface area (Å²) in [6.45, 7) is 2.51. The quantitative estimate of drug-likeness (QED) is 0.446. The van der Waals surface area contributed by atoms with E-state index in [1.54, 1.807) is 24.3 Å². The van der Waals surface area contributed by atoms with Crippen molar-refractivity contribution in [2.75, 3.05) is 26.2 Å². The molecule has 0 aliphatic carbocycles. The van der Waals surface area contributed by atoms with E-state index in [0.717, 1.165) is 11.1 Å². The van der Waals surface area contributed by atoms with Crippen molar-refractivity contribution < 1.29 is 13.6 Å². The SMILES string of the molecule is O=C(c1ccco1)N1CCN([C@H](c2ccccc2)c2nnc(-c3ccc(Cl)cc3)o2)CC1. The molecule has 0 N–H and O–H groups in total. The Kier molecular flexibility index (Phi) is 5.75. The summed E-state index contributed by atoms with van der Waals surface area (Å²) in [5, 5.41) is 9.30. The highest BCUT2D eigenvalue weighted by Gasteiger charge is 2.32. The van der Waals surface area contributed by atoms with Crippen LogP contribution < -0.4 is 0 Å². The number of furan rings is 1. The summed E-state index contributed by atoms with van der Waals surface area (Å²) >= 11 is 6.00. The Morgan fingerprint density at radius 1 is 0.906 bits per heavy atom. The zero-order chi connectivity index (χ0) is 21.9. The Morgan fingerprint density at radius 3 is 2.34 bits per heavy atom. The Hall–Kier alpha value is -3.42. The molecule has 1 atom stereocenters. The van der Waals surface area contributed by atoms with Crippen LogP contribution in [0.3, 0.4) is 0 Å². The Bertz CT molecular complexity index is 1170. The van der Waals surface area contributed by atoms with Gasteiger partial charge in [0.25, 0.3) is 5.91 Å². The van der Waals surface area contributed by atoms with E-state index in [0.29, 0.717) is 48.7 Å². The number of hydrogen-bond acceptors (Lipinski definition) is 6.